The summed E-state index contributed by atoms with van der Waals surface area (Å²) in [5, 5.41) is 0. The van der Waals surface area contributed by atoms with E-state index in [-0.39, 0.29) is 6.04 Å². The van der Waals surface area contributed by atoms with Gasteiger partial charge in [-0.25, -0.2) is 0 Å². The first-order valence-electron chi connectivity index (χ1n) is 6.86. The molecule has 0 radical (unpaired) electrons. The summed E-state index contributed by atoms with van der Waals surface area (Å²) in [6, 6.07) is 14.8. The summed E-state index contributed by atoms with van der Waals surface area (Å²) in [5.41, 5.74) is 10.5. The molecule has 1 aliphatic carbocycles. The number of ether oxygens (including phenoxy) is 1. The number of fused-ring (bicyclic) bond motifs is 1. The van der Waals surface area contributed by atoms with Gasteiger partial charge in [-0.05, 0) is 63.5 Å². The van der Waals surface area contributed by atoms with Crippen LogP contribution in [0.5, 0.6) is 5.75 Å². The molecule has 0 spiro atoms. The van der Waals surface area contributed by atoms with Crippen LogP contribution in [0.2, 0.25) is 0 Å². The molecule has 1 aliphatic rings. The number of halogens is 1. The van der Waals surface area contributed by atoms with E-state index in [1.807, 2.05) is 6.07 Å². The monoisotopic (exact) mass is 331 g/mol. The van der Waals surface area contributed by atoms with E-state index >= 15 is 0 Å². The molecule has 0 amide bonds. The fourth-order valence-corrected chi connectivity index (χ4v) is 3.49. The minimum atomic E-state index is 0.0653. The third kappa shape index (κ3) is 2.48. The molecule has 0 aromatic heterocycles. The van der Waals surface area contributed by atoms with E-state index in [2.05, 4.69) is 52.3 Å². The van der Waals surface area contributed by atoms with E-state index in [9.17, 15) is 0 Å². The van der Waals surface area contributed by atoms with E-state index in [1.165, 1.54) is 11.1 Å². The topological polar surface area (TPSA) is 35.2 Å². The highest BCUT2D eigenvalue weighted by Crippen LogP contribution is 2.40. The molecule has 0 heterocycles. The van der Waals surface area contributed by atoms with Crippen molar-refractivity contribution in [2.75, 3.05) is 7.11 Å². The summed E-state index contributed by atoms with van der Waals surface area (Å²) in [7, 11) is 1.67. The van der Waals surface area contributed by atoms with Crippen LogP contribution >= 0.6 is 15.9 Å². The van der Waals surface area contributed by atoms with Gasteiger partial charge >= 0.3 is 0 Å². The van der Waals surface area contributed by atoms with Crippen molar-refractivity contribution in [2.24, 2.45) is 5.73 Å². The molecule has 0 saturated carbocycles. The Labute approximate surface area is 128 Å². The Balaban J connectivity index is 1.72. The quantitative estimate of drug-likeness (QED) is 0.911. The number of hydrogen-bond acceptors (Lipinski definition) is 2. The van der Waals surface area contributed by atoms with Gasteiger partial charge in [-0.15, -0.1) is 0 Å². The van der Waals surface area contributed by atoms with E-state index in [0.717, 1.165) is 28.6 Å². The molecular formula is C17H18BrNO. The van der Waals surface area contributed by atoms with E-state index in [1.54, 1.807) is 7.11 Å². The molecule has 0 aliphatic heterocycles. The van der Waals surface area contributed by atoms with Crippen molar-refractivity contribution in [1.82, 2.24) is 0 Å². The van der Waals surface area contributed by atoms with Crippen LogP contribution in [-0.2, 0) is 6.42 Å². The lowest BCUT2D eigenvalue weighted by atomic mass is 9.74. The summed E-state index contributed by atoms with van der Waals surface area (Å²) >= 11 is 3.52. The summed E-state index contributed by atoms with van der Waals surface area (Å²) in [4.78, 5) is 0. The Kier molecular flexibility index (Phi) is 3.81. The first-order chi connectivity index (χ1) is 9.69. The second-order valence-electron chi connectivity index (χ2n) is 5.34. The lowest BCUT2D eigenvalue weighted by molar-refractivity contribution is 0.411. The maximum absolute atomic E-state index is 6.36. The van der Waals surface area contributed by atoms with Gasteiger partial charge in [-0.1, -0.05) is 30.3 Å². The van der Waals surface area contributed by atoms with E-state index in [0.29, 0.717) is 5.92 Å². The predicted octanol–water partition coefficient (Wildman–Crippen LogP) is 4.19. The Morgan fingerprint density at radius 2 is 2.10 bits per heavy atom. The van der Waals surface area contributed by atoms with Gasteiger partial charge in [0, 0.05) is 6.04 Å². The summed E-state index contributed by atoms with van der Waals surface area (Å²) < 4.78 is 6.21. The van der Waals surface area contributed by atoms with Gasteiger partial charge in [-0.3, -0.25) is 0 Å². The van der Waals surface area contributed by atoms with Crippen LogP contribution in [0.4, 0.5) is 0 Å². The van der Waals surface area contributed by atoms with Crippen molar-refractivity contribution in [3.05, 3.63) is 63.6 Å². The highest BCUT2D eigenvalue weighted by atomic mass is 79.9. The molecule has 0 bridgehead atoms. The summed E-state index contributed by atoms with van der Waals surface area (Å²) in [5.74, 6) is 1.44. The Hall–Kier alpha value is -1.32. The maximum atomic E-state index is 6.36. The molecule has 0 fully saturated rings. The van der Waals surface area contributed by atoms with Crippen LogP contribution in [0.3, 0.4) is 0 Å². The summed E-state index contributed by atoms with van der Waals surface area (Å²) in [6.45, 7) is 0. The van der Waals surface area contributed by atoms with Crippen LogP contribution in [-0.4, -0.2) is 7.11 Å². The van der Waals surface area contributed by atoms with Gasteiger partial charge in [0.25, 0.3) is 0 Å². The smallest absolute Gasteiger partial charge is 0.133 e. The number of nitrogens with two attached hydrogens (primary N) is 1. The minimum absolute atomic E-state index is 0.0653. The molecule has 0 saturated heterocycles. The first-order valence-corrected chi connectivity index (χ1v) is 7.65. The third-order valence-corrected chi connectivity index (χ3v) is 4.72. The van der Waals surface area contributed by atoms with Crippen molar-refractivity contribution >= 4 is 15.9 Å². The van der Waals surface area contributed by atoms with Crippen molar-refractivity contribution in [2.45, 2.75) is 24.8 Å². The zero-order valence-electron chi connectivity index (χ0n) is 11.5. The fourth-order valence-electron chi connectivity index (χ4n) is 2.93. The molecular weight excluding hydrogens is 314 g/mol. The Bertz CT molecular complexity index is 626. The lowest BCUT2D eigenvalue weighted by Crippen LogP contribution is -2.22. The van der Waals surface area contributed by atoms with Crippen molar-refractivity contribution < 1.29 is 4.74 Å². The average molecular weight is 332 g/mol. The predicted molar refractivity (Wildman–Crippen MR) is 85.1 cm³/mol. The van der Waals surface area contributed by atoms with E-state index in [4.69, 9.17) is 10.5 Å². The van der Waals surface area contributed by atoms with Crippen LogP contribution < -0.4 is 10.5 Å². The van der Waals surface area contributed by atoms with Gasteiger partial charge in [-0.2, -0.15) is 0 Å². The second-order valence-corrected chi connectivity index (χ2v) is 6.19. The van der Waals surface area contributed by atoms with Gasteiger partial charge in [0.15, 0.2) is 0 Å². The third-order valence-electron chi connectivity index (χ3n) is 4.10. The Morgan fingerprint density at radius 3 is 2.80 bits per heavy atom. The van der Waals surface area contributed by atoms with Gasteiger partial charge in [0.05, 0.1) is 11.6 Å². The van der Waals surface area contributed by atoms with Gasteiger partial charge < -0.3 is 10.5 Å². The highest BCUT2D eigenvalue weighted by Gasteiger charge is 2.27. The molecule has 3 rings (SSSR count). The molecule has 3 heteroatoms. The minimum Gasteiger partial charge on any atom is -0.496 e. The fraction of sp³-hybridized carbons (Fsp3) is 0.294. The number of methoxy groups -OCH3 is 1. The number of hydrogen-bond donors (Lipinski definition) is 1. The SMILES string of the molecule is COc1ccc(C(N)CC2Cc3ccccc32)cc1Br. The number of benzene rings is 2. The van der Waals surface area contributed by atoms with Crippen molar-refractivity contribution in [3.63, 3.8) is 0 Å². The molecule has 2 N–H and O–H groups in total. The second kappa shape index (κ2) is 5.58. The molecule has 2 aromatic carbocycles. The van der Waals surface area contributed by atoms with Gasteiger partial charge in [0.1, 0.15) is 5.75 Å². The standard InChI is InChI=1S/C17H18BrNO/c1-20-17-7-6-12(9-15(17)18)16(19)10-13-8-11-4-2-3-5-14(11)13/h2-7,9,13,16H,8,10,19H2,1H3. The molecule has 104 valence electrons. The van der Waals surface area contributed by atoms with E-state index < -0.39 is 0 Å². The van der Waals surface area contributed by atoms with Crippen molar-refractivity contribution in [3.8, 4) is 5.75 Å². The zero-order chi connectivity index (χ0) is 14.1. The Morgan fingerprint density at radius 1 is 1.30 bits per heavy atom. The molecule has 2 atom stereocenters. The van der Waals surface area contributed by atoms with Gasteiger partial charge in [0.2, 0.25) is 0 Å². The van der Waals surface area contributed by atoms with Crippen LogP contribution in [0.15, 0.2) is 46.9 Å². The summed E-state index contributed by atoms with van der Waals surface area (Å²) in [6.07, 6.45) is 2.15. The molecule has 2 aromatic rings. The highest BCUT2D eigenvalue weighted by molar-refractivity contribution is 9.10. The molecule has 2 unspecified atom stereocenters. The number of rotatable bonds is 4. The van der Waals surface area contributed by atoms with Crippen LogP contribution in [0.25, 0.3) is 0 Å². The molecule has 20 heavy (non-hydrogen) atoms. The van der Waals surface area contributed by atoms with Crippen molar-refractivity contribution in [1.29, 1.82) is 0 Å². The molecule has 2 nitrogen and oxygen atoms in total. The largest absolute Gasteiger partial charge is 0.496 e. The normalized spacial score (nSPS) is 18.1. The van der Waals surface area contributed by atoms with Crippen LogP contribution in [0, 0.1) is 0 Å². The maximum Gasteiger partial charge on any atom is 0.133 e. The lowest BCUT2D eigenvalue weighted by Gasteiger charge is -2.32. The first kappa shape index (κ1) is 13.7. The average Bonchev–Trinajstić information content (AvgIpc) is 2.44. The van der Waals surface area contributed by atoms with Crippen LogP contribution in [0.1, 0.15) is 35.1 Å². The zero-order valence-corrected chi connectivity index (χ0v) is 13.1.